The molecule has 182 valence electrons. The molecule has 3 saturated carbocycles. The van der Waals surface area contributed by atoms with Gasteiger partial charge in [-0.15, -0.1) is 0 Å². The first-order valence-corrected chi connectivity index (χ1v) is 13.1. The molecule has 2 aliphatic heterocycles. The van der Waals surface area contributed by atoms with Crippen molar-refractivity contribution in [1.82, 2.24) is 9.80 Å². The van der Waals surface area contributed by atoms with Gasteiger partial charge in [-0.05, 0) is 56.8 Å². The highest BCUT2D eigenvalue weighted by Crippen LogP contribution is 2.53. The summed E-state index contributed by atoms with van der Waals surface area (Å²) in [5.74, 6) is 1.53. The fraction of sp³-hybridized carbons (Fsp3) is 0.960. The summed E-state index contributed by atoms with van der Waals surface area (Å²) in [6, 6.07) is 0. The van der Waals surface area contributed by atoms with Crippen LogP contribution in [0.1, 0.15) is 77.6 Å². The third-order valence-electron chi connectivity index (χ3n) is 9.09. The summed E-state index contributed by atoms with van der Waals surface area (Å²) >= 11 is 0. The first-order chi connectivity index (χ1) is 15.5. The molecule has 32 heavy (non-hydrogen) atoms. The summed E-state index contributed by atoms with van der Waals surface area (Å²) < 4.78 is 6.62. The van der Waals surface area contributed by atoms with E-state index in [-0.39, 0.29) is 12.5 Å². The average molecular weight is 451 g/mol. The highest BCUT2D eigenvalue weighted by molar-refractivity contribution is 5.76. The number of aliphatic hydroxyl groups is 1. The van der Waals surface area contributed by atoms with E-state index in [1.54, 1.807) is 0 Å². The van der Waals surface area contributed by atoms with E-state index in [2.05, 4.69) is 11.8 Å². The Labute approximate surface area is 192 Å². The molecule has 5 rings (SSSR count). The second-order valence-corrected chi connectivity index (χ2v) is 11.4. The number of hydrogen-bond acceptors (Lipinski definition) is 6. The number of hydrogen-bond donors (Lipinski definition) is 1. The minimum atomic E-state index is -0.620. The Morgan fingerprint density at radius 2 is 1.66 bits per heavy atom. The maximum atomic E-state index is 12.8. The number of nitrogens with zero attached hydrogens (tertiary/aromatic N) is 2. The van der Waals surface area contributed by atoms with Gasteiger partial charge in [0, 0.05) is 57.9 Å². The van der Waals surface area contributed by atoms with Crippen molar-refractivity contribution >= 4 is 5.91 Å². The molecule has 0 aromatic carbocycles. The van der Waals surface area contributed by atoms with Gasteiger partial charge in [0.1, 0.15) is 0 Å². The van der Waals surface area contributed by atoms with E-state index >= 15 is 0 Å². The Morgan fingerprint density at radius 1 is 0.969 bits per heavy atom. The average Bonchev–Trinajstić information content (AvgIpc) is 3.13. The van der Waals surface area contributed by atoms with E-state index in [1.807, 2.05) is 4.90 Å². The van der Waals surface area contributed by atoms with Crippen molar-refractivity contribution in [1.29, 1.82) is 0 Å². The van der Waals surface area contributed by atoms with Crippen LogP contribution in [-0.2, 0) is 19.3 Å². The zero-order valence-corrected chi connectivity index (χ0v) is 19.8. The van der Waals surface area contributed by atoms with Crippen LogP contribution in [0.15, 0.2) is 0 Å². The van der Waals surface area contributed by atoms with Crippen LogP contribution in [-0.4, -0.2) is 71.7 Å². The van der Waals surface area contributed by atoms with Crippen molar-refractivity contribution < 1.29 is 24.4 Å². The molecule has 5 fully saturated rings. The van der Waals surface area contributed by atoms with Crippen molar-refractivity contribution in [2.45, 2.75) is 89.1 Å². The normalized spacial score (nSPS) is 43.0. The van der Waals surface area contributed by atoms with E-state index in [9.17, 15) is 4.79 Å². The number of piperazine rings is 1. The van der Waals surface area contributed by atoms with Crippen LogP contribution in [0.3, 0.4) is 0 Å². The van der Waals surface area contributed by atoms with Crippen LogP contribution in [0.4, 0.5) is 0 Å². The molecule has 7 heteroatoms. The molecule has 0 aromatic rings. The highest BCUT2D eigenvalue weighted by atomic mass is 17.3. The van der Waals surface area contributed by atoms with Crippen molar-refractivity contribution in [2.24, 2.45) is 23.7 Å². The molecule has 1 amide bonds. The lowest BCUT2D eigenvalue weighted by molar-refractivity contribution is -0.362. The summed E-state index contributed by atoms with van der Waals surface area (Å²) in [5, 5.41) is 9.09. The third kappa shape index (κ3) is 4.88. The predicted octanol–water partition coefficient (Wildman–Crippen LogP) is 3.31. The lowest BCUT2D eigenvalue weighted by Gasteiger charge is -2.44. The van der Waals surface area contributed by atoms with Crippen molar-refractivity contribution in [3.8, 4) is 0 Å². The number of amides is 1. The molecular formula is C25H42N2O5. The Morgan fingerprint density at radius 3 is 2.31 bits per heavy atom. The van der Waals surface area contributed by atoms with E-state index in [4.69, 9.17) is 19.6 Å². The SMILES string of the molecule is C[C@@]1(C2CC3CCCC(C3)C2)OO[C@]2(CC[C@@H](CC(=O)N3CCN(CCO)CC3)CC2)O1. The second kappa shape index (κ2) is 9.49. The van der Waals surface area contributed by atoms with Crippen molar-refractivity contribution in [3.05, 3.63) is 0 Å². The smallest absolute Gasteiger partial charge is 0.222 e. The number of β-amino-alcohol motifs (C(OH)–C–C–N with tert-alkyl or cyclic N) is 1. The molecule has 7 nitrogen and oxygen atoms in total. The van der Waals surface area contributed by atoms with E-state index in [0.29, 0.717) is 24.8 Å². The summed E-state index contributed by atoms with van der Waals surface area (Å²) in [4.78, 5) is 28.9. The van der Waals surface area contributed by atoms with Gasteiger partial charge >= 0.3 is 0 Å². The van der Waals surface area contributed by atoms with Crippen LogP contribution in [0.2, 0.25) is 0 Å². The maximum Gasteiger partial charge on any atom is 0.222 e. The molecule has 2 heterocycles. The Bertz CT molecular complexity index is 647. The Balaban J connectivity index is 1.09. The largest absolute Gasteiger partial charge is 0.395 e. The number of ether oxygens (including phenoxy) is 1. The molecule has 3 aliphatic carbocycles. The molecule has 0 aromatic heterocycles. The van der Waals surface area contributed by atoms with Gasteiger partial charge in [0.25, 0.3) is 0 Å². The van der Waals surface area contributed by atoms with E-state index in [1.165, 1.54) is 38.5 Å². The second-order valence-electron chi connectivity index (χ2n) is 11.4. The monoisotopic (exact) mass is 450 g/mol. The lowest BCUT2D eigenvalue weighted by Crippen LogP contribution is -2.49. The van der Waals surface area contributed by atoms with Gasteiger partial charge in [-0.3, -0.25) is 9.69 Å². The third-order valence-corrected chi connectivity index (χ3v) is 9.09. The maximum absolute atomic E-state index is 12.8. The molecule has 0 radical (unpaired) electrons. The summed E-state index contributed by atoms with van der Waals surface area (Å²) in [6.07, 6.45) is 12.1. The predicted molar refractivity (Wildman–Crippen MR) is 119 cm³/mol. The lowest BCUT2D eigenvalue weighted by atomic mass is 9.66. The zero-order valence-electron chi connectivity index (χ0n) is 19.8. The molecule has 2 saturated heterocycles. The van der Waals surface area contributed by atoms with Crippen LogP contribution in [0.5, 0.6) is 0 Å². The highest BCUT2D eigenvalue weighted by Gasteiger charge is 2.56. The van der Waals surface area contributed by atoms with Crippen molar-refractivity contribution in [3.63, 3.8) is 0 Å². The van der Waals surface area contributed by atoms with E-state index < -0.39 is 11.6 Å². The van der Waals surface area contributed by atoms with Gasteiger partial charge in [-0.2, -0.15) is 9.78 Å². The standard InChI is InChI=1S/C25H42N2O5/c1-24(22-16-20-3-2-4-21(15-20)17-22)30-25(32-31-24)7-5-19(6-8-25)18-23(29)27-11-9-26(10-12-27)13-14-28/h19-22,28H,2-18H2,1H3/t19-,20?,21?,22?,24-,25+/m0/s1. The number of carbonyl (C=O) groups is 1. The van der Waals surface area contributed by atoms with Gasteiger partial charge in [-0.25, -0.2) is 0 Å². The van der Waals surface area contributed by atoms with Gasteiger partial charge in [0.15, 0.2) is 0 Å². The first-order valence-electron chi connectivity index (χ1n) is 13.1. The molecule has 1 spiro atoms. The number of fused-ring (bicyclic) bond motifs is 2. The fourth-order valence-corrected chi connectivity index (χ4v) is 7.12. The number of carbonyl (C=O) groups excluding carboxylic acids is 1. The van der Waals surface area contributed by atoms with Gasteiger partial charge in [-0.1, -0.05) is 19.3 Å². The molecule has 2 unspecified atom stereocenters. The molecule has 5 aliphatic rings. The minimum Gasteiger partial charge on any atom is -0.395 e. The van der Waals surface area contributed by atoms with Crippen LogP contribution < -0.4 is 0 Å². The minimum absolute atomic E-state index is 0.187. The number of rotatable bonds is 5. The molecule has 3 atom stereocenters. The van der Waals surface area contributed by atoms with Gasteiger partial charge < -0.3 is 14.7 Å². The summed E-state index contributed by atoms with van der Waals surface area (Å²) in [7, 11) is 0. The van der Waals surface area contributed by atoms with Gasteiger partial charge in [0.2, 0.25) is 17.5 Å². The molecule has 2 bridgehead atoms. The quantitative estimate of drug-likeness (QED) is 0.648. The Kier molecular flexibility index (Phi) is 6.83. The first kappa shape index (κ1) is 23.0. The molecular weight excluding hydrogens is 408 g/mol. The van der Waals surface area contributed by atoms with Crippen LogP contribution >= 0.6 is 0 Å². The number of aliphatic hydroxyl groups excluding tert-OH is 1. The fourth-order valence-electron chi connectivity index (χ4n) is 7.12. The van der Waals surface area contributed by atoms with Crippen molar-refractivity contribution in [2.75, 3.05) is 39.3 Å². The topological polar surface area (TPSA) is 71.5 Å². The zero-order chi connectivity index (χ0) is 22.2. The Hall–Kier alpha value is -0.730. The van der Waals surface area contributed by atoms with Crippen LogP contribution in [0, 0.1) is 23.7 Å². The summed E-state index contributed by atoms with van der Waals surface area (Å²) in [5.41, 5.74) is 0. The molecule has 1 N–H and O–H groups in total. The van der Waals surface area contributed by atoms with Crippen LogP contribution in [0.25, 0.3) is 0 Å². The summed E-state index contributed by atoms with van der Waals surface area (Å²) in [6.45, 7) is 6.26. The van der Waals surface area contributed by atoms with Gasteiger partial charge in [0.05, 0.1) is 6.61 Å². The van der Waals surface area contributed by atoms with E-state index in [0.717, 1.165) is 63.7 Å².